The minimum absolute atomic E-state index is 0.0669. The lowest BCUT2D eigenvalue weighted by molar-refractivity contribution is -0.130. The molecule has 29 heavy (non-hydrogen) atoms. The third-order valence-electron chi connectivity index (χ3n) is 4.93. The molecule has 2 heterocycles. The zero-order valence-electron chi connectivity index (χ0n) is 16.5. The normalized spacial score (nSPS) is 19.3. The Kier molecular flexibility index (Phi) is 5.29. The molecule has 2 N–H and O–H groups in total. The number of rotatable bonds is 6. The van der Waals surface area contributed by atoms with Crippen LogP contribution in [-0.2, 0) is 22.6 Å². The molecule has 7 heteroatoms. The van der Waals surface area contributed by atoms with Crippen LogP contribution in [0, 0.1) is 0 Å². The van der Waals surface area contributed by atoms with E-state index in [9.17, 15) is 9.59 Å². The van der Waals surface area contributed by atoms with Crippen molar-refractivity contribution in [3.63, 3.8) is 0 Å². The molecular formula is C22H24N2O5. The molecule has 2 aromatic carbocycles. The number of amides is 2. The third-order valence-corrected chi connectivity index (χ3v) is 4.93. The number of fused-ring (bicyclic) bond motifs is 2. The number of carbonyl (C=O) groups excluding carboxylic acids is 2. The summed E-state index contributed by atoms with van der Waals surface area (Å²) >= 11 is 0. The van der Waals surface area contributed by atoms with Gasteiger partial charge in [-0.1, -0.05) is 12.1 Å². The van der Waals surface area contributed by atoms with Gasteiger partial charge in [0.15, 0.2) is 6.10 Å². The highest BCUT2D eigenvalue weighted by Gasteiger charge is 2.29. The molecule has 0 fully saturated rings. The van der Waals surface area contributed by atoms with Gasteiger partial charge in [0.1, 0.15) is 23.4 Å². The van der Waals surface area contributed by atoms with E-state index in [1.165, 1.54) is 0 Å². The van der Waals surface area contributed by atoms with Gasteiger partial charge >= 0.3 is 0 Å². The van der Waals surface area contributed by atoms with Crippen LogP contribution in [-0.4, -0.2) is 30.6 Å². The molecule has 0 radical (unpaired) electrons. The average Bonchev–Trinajstić information content (AvgIpc) is 3.06. The van der Waals surface area contributed by atoms with Crippen molar-refractivity contribution in [2.75, 3.05) is 11.9 Å². The van der Waals surface area contributed by atoms with E-state index in [-0.39, 0.29) is 30.9 Å². The van der Waals surface area contributed by atoms with E-state index in [1.807, 2.05) is 38.1 Å². The topological polar surface area (TPSA) is 85.9 Å². The summed E-state index contributed by atoms with van der Waals surface area (Å²) in [6.07, 6.45) is 0.0508. The van der Waals surface area contributed by atoms with Gasteiger partial charge in [-0.05, 0) is 38.1 Å². The van der Waals surface area contributed by atoms with Gasteiger partial charge in [0, 0.05) is 24.1 Å². The fourth-order valence-corrected chi connectivity index (χ4v) is 3.57. The van der Waals surface area contributed by atoms with Crippen LogP contribution in [0.2, 0.25) is 0 Å². The van der Waals surface area contributed by atoms with E-state index in [0.717, 1.165) is 29.0 Å². The summed E-state index contributed by atoms with van der Waals surface area (Å²) in [6.45, 7) is 4.76. The molecule has 0 unspecified atom stereocenters. The van der Waals surface area contributed by atoms with E-state index in [2.05, 4.69) is 10.6 Å². The highest BCUT2D eigenvalue weighted by atomic mass is 16.5. The molecule has 0 saturated heterocycles. The van der Waals surface area contributed by atoms with E-state index >= 15 is 0 Å². The predicted octanol–water partition coefficient (Wildman–Crippen LogP) is 2.81. The minimum atomic E-state index is -0.861. The first-order valence-corrected chi connectivity index (χ1v) is 9.82. The second-order valence-corrected chi connectivity index (χ2v) is 7.21. The van der Waals surface area contributed by atoms with Crippen LogP contribution < -0.4 is 24.8 Å². The van der Waals surface area contributed by atoms with E-state index < -0.39 is 6.10 Å². The highest BCUT2D eigenvalue weighted by molar-refractivity contribution is 5.99. The fraction of sp³-hybridized carbons (Fsp3) is 0.364. The molecule has 2 atom stereocenters. The Labute approximate surface area is 169 Å². The van der Waals surface area contributed by atoms with Gasteiger partial charge < -0.3 is 24.8 Å². The number of ether oxygens (including phenoxy) is 3. The summed E-state index contributed by atoms with van der Waals surface area (Å²) in [5, 5.41) is 5.62. The summed E-state index contributed by atoms with van der Waals surface area (Å²) in [5.74, 6) is 1.53. The number of carbonyl (C=O) groups is 2. The third kappa shape index (κ3) is 4.13. The van der Waals surface area contributed by atoms with E-state index in [4.69, 9.17) is 14.2 Å². The Balaban J connectivity index is 1.40. The zero-order valence-corrected chi connectivity index (χ0v) is 16.5. The Morgan fingerprint density at radius 3 is 2.90 bits per heavy atom. The molecule has 0 spiro atoms. The van der Waals surface area contributed by atoms with Gasteiger partial charge in [-0.2, -0.15) is 0 Å². The van der Waals surface area contributed by atoms with Crippen LogP contribution in [0.5, 0.6) is 17.2 Å². The summed E-state index contributed by atoms with van der Waals surface area (Å²) in [6, 6.07) is 11.1. The summed E-state index contributed by atoms with van der Waals surface area (Å²) in [5.41, 5.74) is 2.57. The molecular weight excluding hydrogens is 372 g/mol. The Morgan fingerprint density at radius 1 is 1.24 bits per heavy atom. The van der Waals surface area contributed by atoms with Crippen molar-refractivity contribution in [2.45, 2.75) is 45.4 Å². The number of nitrogens with one attached hydrogen (secondary N) is 2. The molecule has 0 saturated carbocycles. The predicted molar refractivity (Wildman–Crippen MR) is 107 cm³/mol. The van der Waals surface area contributed by atoms with Gasteiger partial charge in [-0.3, -0.25) is 9.59 Å². The smallest absolute Gasteiger partial charge is 0.266 e. The molecule has 2 aromatic rings. The Bertz CT molecular complexity index is 943. The summed E-state index contributed by atoms with van der Waals surface area (Å²) < 4.78 is 17.2. The Morgan fingerprint density at radius 2 is 2.07 bits per heavy atom. The van der Waals surface area contributed by atoms with Gasteiger partial charge in [-0.15, -0.1) is 0 Å². The first-order chi connectivity index (χ1) is 14.0. The fourth-order valence-electron chi connectivity index (χ4n) is 3.57. The first-order valence-electron chi connectivity index (χ1n) is 9.82. The van der Waals surface area contributed by atoms with Crippen molar-refractivity contribution >= 4 is 17.5 Å². The molecule has 2 aliphatic rings. The van der Waals surface area contributed by atoms with Crippen molar-refractivity contribution in [3.05, 3.63) is 47.5 Å². The number of para-hydroxylation sites is 2. The van der Waals surface area contributed by atoms with Crippen LogP contribution in [0.3, 0.4) is 0 Å². The second-order valence-electron chi connectivity index (χ2n) is 7.21. The number of benzene rings is 2. The molecule has 2 amide bonds. The van der Waals surface area contributed by atoms with E-state index in [0.29, 0.717) is 18.0 Å². The molecule has 152 valence electrons. The maximum atomic E-state index is 12.5. The van der Waals surface area contributed by atoms with Crippen LogP contribution in [0.25, 0.3) is 0 Å². The lowest BCUT2D eigenvalue weighted by atomic mass is 10.1. The number of hydrogen-bond donors (Lipinski definition) is 2. The maximum absolute atomic E-state index is 12.5. The first kappa shape index (κ1) is 19.1. The highest BCUT2D eigenvalue weighted by Crippen LogP contribution is 2.35. The number of hydrogen-bond acceptors (Lipinski definition) is 5. The van der Waals surface area contributed by atoms with Crippen molar-refractivity contribution < 1.29 is 23.8 Å². The lowest BCUT2D eigenvalue weighted by Crippen LogP contribution is -2.40. The number of anilines is 1. The van der Waals surface area contributed by atoms with Gasteiger partial charge in [-0.25, -0.2) is 0 Å². The van der Waals surface area contributed by atoms with Crippen LogP contribution in [0.1, 0.15) is 31.4 Å². The van der Waals surface area contributed by atoms with Crippen LogP contribution in [0.4, 0.5) is 5.69 Å². The largest absolute Gasteiger partial charge is 0.494 e. The van der Waals surface area contributed by atoms with E-state index in [1.54, 1.807) is 12.1 Å². The van der Waals surface area contributed by atoms with Crippen molar-refractivity contribution in [1.82, 2.24) is 5.32 Å². The SMILES string of the molecule is CCOc1cc2c(cc1CNC(=O)C[C@@H]1Oc3ccccc3NC1=O)O[C@@H](C)C2. The zero-order chi connectivity index (χ0) is 20.4. The van der Waals surface area contributed by atoms with Crippen LogP contribution >= 0.6 is 0 Å². The molecule has 4 rings (SSSR count). The molecule has 0 aliphatic carbocycles. The Hall–Kier alpha value is -3.22. The van der Waals surface area contributed by atoms with Crippen molar-refractivity contribution in [2.24, 2.45) is 0 Å². The minimum Gasteiger partial charge on any atom is -0.494 e. The summed E-state index contributed by atoms with van der Waals surface area (Å²) in [7, 11) is 0. The molecule has 2 aliphatic heterocycles. The molecule has 7 nitrogen and oxygen atoms in total. The lowest BCUT2D eigenvalue weighted by Gasteiger charge is -2.25. The molecule has 0 aromatic heterocycles. The van der Waals surface area contributed by atoms with Gasteiger partial charge in [0.25, 0.3) is 5.91 Å². The maximum Gasteiger partial charge on any atom is 0.266 e. The summed E-state index contributed by atoms with van der Waals surface area (Å²) in [4.78, 5) is 24.7. The average molecular weight is 396 g/mol. The van der Waals surface area contributed by atoms with Crippen molar-refractivity contribution in [1.29, 1.82) is 0 Å². The van der Waals surface area contributed by atoms with Crippen molar-refractivity contribution in [3.8, 4) is 17.2 Å². The quantitative estimate of drug-likeness (QED) is 0.784. The monoisotopic (exact) mass is 396 g/mol. The standard InChI is InChI=1S/C22H24N2O5/c1-3-27-18-9-14-8-13(2)28-19(14)10-15(18)12-23-21(25)11-20-22(26)24-16-6-4-5-7-17(16)29-20/h4-7,9-10,13,20H,3,8,11-12H2,1-2H3,(H,23,25)(H,24,26)/t13-,20-/m0/s1. The van der Waals surface area contributed by atoms with Gasteiger partial charge in [0.2, 0.25) is 5.91 Å². The van der Waals surface area contributed by atoms with Crippen LogP contribution in [0.15, 0.2) is 36.4 Å². The second kappa shape index (κ2) is 8.03. The van der Waals surface area contributed by atoms with Gasteiger partial charge in [0.05, 0.1) is 18.7 Å². The molecule has 0 bridgehead atoms.